The Morgan fingerprint density at radius 2 is 1.95 bits per heavy atom. The number of rotatable bonds is 3. The molecule has 2 rings (SSSR count). The van der Waals surface area contributed by atoms with Crippen LogP contribution < -0.4 is 10.9 Å². The molecule has 1 aromatic heterocycles. The smallest absolute Gasteiger partial charge is 0.308 e. The van der Waals surface area contributed by atoms with Gasteiger partial charge in [0.2, 0.25) is 11.7 Å². The minimum Gasteiger partial charge on any atom is -0.351 e. The van der Waals surface area contributed by atoms with Gasteiger partial charge < -0.3 is 4.52 Å². The van der Waals surface area contributed by atoms with Crippen LogP contribution >= 0.6 is 0 Å². The van der Waals surface area contributed by atoms with E-state index >= 15 is 0 Å². The van der Waals surface area contributed by atoms with E-state index in [-0.39, 0.29) is 18.0 Å². The Bertz CT molecular complexity index is 622. The molecule has 2 amide bonds. The fourth-order valence-corrected chi connectivity index (χ4v) is 1.49. The van der Waals surface area contributed by atoms with E-state index in [9.17, 15) is 14.0 Å². The van der Waals surface area contributed by atoms with Crippen LogP contribution in [0.25, 0.3) is 0 Å². The third-order valence-electron chi connectivity index (χ3n) is 2.45. The van der Waals surface area contributed by atoms with Crippen molar-refractivity contribution in [1.29, 1.82) is 0 Å². The summed E-state index contributed by atoms with van der Waals surface area (Å²) in [5.74, 6) is -1.40. The average Bonchev–Trinajstić information content (AvgIpc) is 2.85. The minimum absolute atomic E-state index is 0.00424. The molecule has 0 aliphatic heterocycles. The number of amides is 2. The number of aromatic nitrogens is 1. The van der Waals surface area contributed by atoms with Gasteiger partial charge in [0.25, 0.3) is 0 Å². The van der Waals surface area contributed by atoms with E-state index < -0.39 is 11.8 Å². The Kier molecular flexibility index (Phi) is 4.09. The molecule has 0 saturated carbocycles. The van der Waals surface area contributed by atoms with Crippen LogP contribution in [-0.4, -0.2) is 17.0 Å². The minimum atomic E-state index is -0.599. The number of aryl methyl sites for hydroxylation is 1. The van der Waals surface area contributed by atoms with Gasteiger partial charge in [-0.3, -0.25) is 20.4 Å². The highest BCUT2D eigenvalue weighted by Gasteiger charge is 2.12. The predicted molar refractivity (Wildman–Crippen MR) is 67.0 cm³/mol. The molecule has 0 atom stereocenters. The second-order valence-electron chi connectivity index (χ2n) is 4.14. The molecule has 104 valence electrons. The zero-order chi connectivity index (χ0) is 14.5. The lowest BCUT2D eigenvalue weighted by Gasteiger charge is -2.05. The molecule has 0 aliphatic rings. The lowest BCUT2D eigenvalue weighted by molar-refractivity contribution is -0.121. The zero-order valence-corrected chi connectivity index (χ0v) is 10.6. The molecule has 20 heavy (non-hydrogen) atoms. The number of benzene rings is 1. The normalized spacial score (nSPS) is 10.1. The van der Waals surface area contributed by atoms with Crippen molar-refractivity contribution >= 4 is 11.8 Å². The van der Waals surface area contributed by atoms with Crippen LogP contribution in [0.5, 0.6) is 0 Å². The number of nitrogens with zero attached hydrogens (tertiary/aromatic N) is 1. The molecule has 1 aromatic carbocycles. The first-order valence-corrected chi connectivity index (χ1v) is 5.81. The number of hydrazine groups is 1. The summed E-state index contributed by atoms with van der Waals surface area (Å²) in [5.41, 5.74) is 5.63. The average molecular weight is 277 g/mol. The molecule has 0 unspecified atom stereocenters. The molecule has 0 spiro atoms. The molecular formula is C13H12FN3O3. The van der Waals surface area contributed by atoms with Crippen molar-refractivity contribution in [3.63, 3.8) is 0 Å². The largest absolute Gasteiger partial charge is 0.351 e. The first kappa shape index (κ1) is 13.7. The summed E-state index contributed by atoms with van der Waals surface area (Å²) in [5, 5.41) is 3.56. The third kappa shape index (κ3) is 3.64. The summed E-state index contributed by atoms with van der Waals surface area (Å²) in [6.07, 6.45) is 0.0238. The van der Waals surface area contributed by atoms with Gasteiger partial charge in [0, 0.05) is 6.07 Å². The maximum absolute atomic E-state index is 12.7. The summed E-state index contributed by atoms with van der Waals surface area (Å²) in [6, 6.07) is 6.96. The fourth-order valence-electron chi connectivity index (χ4n) is 1.49. The van der Waals surface area contributed by atoms with E-state index in [1.807, 2.05) is 0 Å². The molecule has 2 N–H and O–H groups in total. The first-order valence-electron chi connectivity index (χ1n) is 5.81. The van der Waals surface area contributed by atoms with Gasteiger partial charge in [0.05, 0.1) is 12.1 Å². The van der Waals surface area contributed by atoms with Gasteiger partial charge in [0.1, 0.15) is 5.82 Å². The molecule has 0 radical (unpaired) electrons. The maximum Gasteiger partial charge on any atom is 0.308 e. The molecule has 0 fully saturated rings. The predicted octanol–water partition coefficient (Wildman–Crippen LogP) is 1.13. The van der Waals surface area contributed by atoms with Crippen molar-refractivity contribution < 1.29 is 18.5 Å². The van der Waals surface area contributed by atoms with E-state index in [1.54, 1.807) is 6.92 Å². The fraction of sp³-hybridized carbons (Fsp3) is 0.154. The van der Waals surface area contributed by atoms with Crippen LogP contribution in [0.15, 0.2) is 34.9 Å². The van der Waals surface area contributed by atoms with Gasteiger partial charge in [-0.1, -0.05) is 17.3 Å². The summed E-state index contributed by atoms with van der Waals surface area (Å²) in [6.45, 7) is 1.67. The zero-order valence-electron chi connectivity index (χ0n) is 10.6. The van der Waals surface area contributed by atoms with E-state index in [0.717, 1.165) is 0 Å². The Morgan fingerprint density at radius 1 is 1.25 bits per heavy atom. The van der Waals surface area contributed by atoms with Gasteiger partial charge in [-0.2, -0.15) is 0 Å². The molecule has 2 aromatic rings. The van der Waals surface area contributed by atoms with Crippen molar-refractivity contribution in [3.05, 3.63) is 53.2 Å². The number of nitrogens with one attached hydrogen (secondary N) is 2. The van der Waals surface area contributed by atoms with Crippen LogP contribution in [0, 0.1) is 12.7 Å². The number of hydrogen-bond donors (Lipinski definition) is 2. The van der Waals surface area contributed by atoms with E-state index in [0.29, 0.717) is 11.3 Å². The number of carbonyl (C=O) groups excluding carboxylic acids is 2. The van der Waals surface area contributed by atoms with Crippen LogP contribution in [0.3, 0.4) is 0 Å². The number of halogens is 1. The van der Waals surface area contributed by atoms with Gasteiger partial charge in [-0.05, 0) is 24.6 Å². The van der Waals surface area contributed by atoms with Gasteiger partial charge in [-0.15, -0.1) is 0 Å². The number of carbonyl (C=O) groups is 2. The molecular weight excluding hydrogens is 265 g/mol. The Labute approximate surface area is 113 Å². The summed E-state index contributed by atoms with van der Waals surface area (Å²) in [4.78, 5) is 23.1. The van der Waals surface area contributed by atoms with Crippen molar-refractivity contribution in [1.82, 2.24) is 16.0 Å². The van der Waals surface area contributed by atoms with E-state index in [1.165, 1.54) is 30.3 Å². The second-order valence-corrected chi connectivity index (χ2v) is 4.14. The van der Waals surface area contributed by atoms with Crippen LogP contribution in [-0.2, 0) is 11.2 Å². The van der Waals surface area contributed by atoms with Crippen molar-refractivity contribution in [2.24, 2.45) is 0 Å². The third-order valence-corrected chi connectivity index (χ3v) is 2.45. The molecule has 0 aliphatic carbocycles. The van der Waals surface area contributed by atoms with Crippen LogP contribution in [0.1, 0.15) is 21.8 Å². The highest BCUT2D eigenvalue weighted by molar-refractivity contribution is 5.93. The summed E-state index contributed by atoms with van der Waals surface area (Å²) < 4.78 is 17.4. The number of hydrogen-bond acceptors (Lipinski definition) is 4. The lowest BCUT2D eigenvalue weighted by atomic mass is 10.1. The quantitative estimate of drug-likeness (QED) is 0.824. The van der Waals surface area contributed by atoms with Gasteiger partial charge in [0.15, 0.2) is 0 Å². The highest BCUT2D eigenvalue weighted by Crippen LogP contribution is 2.03. The van der Waals surface area contributed by atoms with Crippen molar-refractivity contribution in [2.45, 2.75) is 13.3 Å². The van der Waals surface area contributed by atoms with E-state index in [4.69, 9.17) is 4.52 Å². The SMILES string of the molecule is Cc1cc(C(=O)NNC(=O)Cc2ccc(F)cc2)on1. The Balaban J connectivity index is 1.83. The summed E-state index contributed by atoms with van der Waals surface area (Å²) >= 11 is 0. The molecule has 0 bridgehead atoms. The molecule has 6 nitrogen and oxygen atoms in total. The van der Waals surface area contributed by atoms with Gasteiger partial charge in [-0.25, -0.2) is 4.39 Å². The topological polar surface area (TPSA) is 84.2 Å². The highest BCUT2D eigenvalue weighted by atomic mass is 19.1. The second kappa shape index (κ2) is 5.96. The van der Waals surface area contributed by atoms with Gasteiger partial charge >= 0.3 is 5.91 Å². The molecule has 7 heteroatoms. The standard InChI is InChI=1S/C13H12FN3O3/c1-8-6-11(20-17-8)13(19)16-15-12(18)7-9-2-4-10(14)5-3-9/h2-6H,7H2,1H3,(H,15,18)(H,16,19). The maximum atomic E-state index is 12.7. The molecule has 1 heterocycles. The Hall–Kier alpha value is -2.70. The van der Waals surface area contributed by atoms with Crippen molar-refractivity contribution in [2.75, 3.05) is 0 Å². The van der Waals surface area contributed by atoms with E-state index in [2.05, 4.69) is 16.0 Å². The summed E-state index contributed by atoms with van der Waals surface area (Å²) in [7, 11) is 0. The lowest BCUT2D eigenvalue weighted by Crippen LogP contribution is -2.42. The van der Waals surface area contributed by atoms with Crippen LogP contribution in [0.2, 0.25) is 0 Å². The van der Waals surface area contributed by atoms with Crippen LogP contribution in [0.4, 0.5) is 4.39 Å². The Morgan fingerprint density at radius 3 is 2.55 bits per heavy atom. The monoisotopic (exact) mass is 277 g/mol. The first-order chi connectivity index (χ1) is 9.54. The molecule has 0 saturated heterocycles. The van der Waals surface area contributed by atoms with Crippen molar-refractivity contribution in [3.8, 4) is 0 Å².